The van der Waals surface area contributed by atoms with Crippen molar-refractivity contribution in [2.24, 2.45) is 0 Å². The first kappa shape index (κ1) is 10.7. The van der Waals surface area contributed by atoms with Crippen LogP contribution in [0.1, 0.15) is 10.4 Å². The lowest BCUT2D eigenvalue weighted by molar-refractivity contribution is 0.112. The van der Waals surface area contributed by atoms with Gasteiger partial charge in [-0.15, -0.1) is 0 Å². The zero-order valence-electron chi connectivity index (χ0n) is 9.38. The fraction of sp³-hybridized carbons (Fsp3) is 0. The summed E-state index contributed by atoms with van der Waals surface area (Å²) in [6.07, 6.45) is 2.20. The summed E-state index contributed by atoms with van der Waals surface area (Å²) in [7, 11) is 0. The number of aldehydes is 1. The molecule has 0 radical (unpaired) electrons. The molecule has 0 atom stereocenters. The third-order valence-corrected chi connectivity index (χ3v) is 2.82. The number of hydrogen-bond donors (Lipinski definition) is 0. The zero-order chi connectivity index (χ0) is 12.5. The monoisotopic (exact) mass is 240 g/mol. The van der Waals surface area contributed by atoms with Crippen LogP contribution in [0.25, 0.3) is 16.7 Å². The summed E-state index contributed by atoms with van der Waals surface area (Å²) in [6.45, 7) is 0. The molecule has 3 nitrogen and oxygen atoms in total. The normalized spacial score (nSPS) is 10.7. The molecule has 0 amide bonds. The van der Waals surface area contributed by atoms with Gasteiger partial charge in [0.15, 0.2) is 0 Å². The second kappa shape index (κ2) is 4.07. The zero-order valence-corrected chi connectivity index (χ0v) is 9.38. The highest BCUT2D eigenvalue weighted by molar-refractivity contribution is 5.78. The van der Waals surface area contributed by atoms with Gasteiger partial charge in [-0.2, -0.15) is 0 Å². The summed E-state index contributed by atoms with van der Waals surface area (Å²) in [5.41, 5.74) is 2.33. The third-order valence-electron chi connectivity index (χ3n) is 2.82. The van der Waals surface area contributed by atoms with E-state index in [1.54, 1.807) is 23.0 Å². The SMILES string of the molecule is O=Cc1ccc(-n2cnc3ccccc32)c(F)c1. The molecule has 2 aromatic carbocycles. The van der Waals surface area contributed by atoms with E-state index in [9.17, 15) is 9.18 Å². The Morgan fingerprint density at radius 2 is 2.00 bits per heavy atom. The Bertz CT molecular complexity index is 733. The predicted molar refractivity (Wildman–Crippen MR) is 66.4 cm³/mol. The Balaban J connectivity index is 2.23. The number of carbonyl (C=O) groups excluding carboxylic acids is 1. The van der Waals surface area contributed by atoms with Gasteiger partial charge in [-0.3, -0.25) is 9.36 Å². The van der Waals surface area contributed by atoms with Gasteiger partial charge in [-0.25, -0.2) is 9.37 Å². The minimum absolute atomic E-state index is 0.320. The lowest BCUT2D eigenvalue weighted by Crippen LogP contribution is -1.97. The molecule has 0 saturated carbocycles. The molecule has 0 N–H and O–H groups in total. The van der Waals surface area contributed by atoms with Crippen LogP contribution in [0.5, 0.6) is 0 Å². The van der Waals surface area contributed by atoms with E-state index in [1.807, 2.05) is 24.3 Å². The summed E-state index contributed by atoms with van der Waals surface area (Å²) in [6, 6.07) is 11.9. The maximum absolute atomic E-state index is 13.9. The average Bonchev–Trinajstić information content (AvgIpc) is 2.82. The van der Waals surface area contributed by atoms with Crippen LogP contribution in [0.3, 0.4) is 0 Å². The number of nitrogens with zero attached hydrogens (tertiary/aromatic N) is 2. The number of imidazole rings is 1. The van der Waals surface area contributed by atoms with Gasteiger partial charge in [0, 0.05) is 5.56 Å². The first-order valence-corrected chi connectivity index (χ1v) is 5.47. The molecule has 18 heavy (non-hydrogen) atoms. The molecule has 0 aliphatic rings. The van der Waals surface area contributed by atoms with Crippen molar-refractivity contribution in [1.29, 1.82) is 0 Å². The Labute approximate surface area is 103 Å². The van der Waals surface area contributed by atoms with Gasteiger partial charge in [-0.05, 0) is 30.3 Å². The van der Waals surface area contributed by atoms with Gasteiger partial charge in [0.2, 0.25) is 0 Å². The second-order valence-electron chi connectivity index (χ2n) is 3.93. The molecule has 3 rings (SSSR count). The van der Waals surface area contributed by atoms with Crippen LogP contribution in [-0.4, -0.2) is 15.8 Å². The Morgan fingerprint density at radius 1 is 1.17 bits per heavy atom. The van der Waals surface area contributed by atoms with Gasteiger partial charge >= 0.3 is 0 Å². The van der Waals surface area contributed by atoms with E-state index in [-0.39, 0.29) is 0 Å². The van der Waals surface area contributed by atoms with Gasteiger partial charge in [0.25, 0.3) is 0 Å². The van der Waals surface area contributed by atoms with Crippen LogP contribution >= 0.6 is 0 Å². The minimum atomic E-state index is -0.442. The first-order chi connectivity index (χ1) is 8.79. The van der Waals surface area contributed by atoms with Gasteiger partial charge in [0.1, 0.15) is 18.4 Å². The fourth-order valence-electron chi connectivity index (χ4n) is 1.94. The predicted octanol–water partition coefficient (Wildman–Crippen LogP) is 2.98. The molecule has 3 aromatic rings. The summed E-state index contributed by atoms with van der Waals surface area (Å²) in [5, 5.41) is 0. The standard InChI is InChI=1S/C14H9FN2O/c15-11-7-10(8-18)5-6-13(11)17-9-16-12-3-1-2-4-14(12)17/h1-9H. The summed E-state index contributed by atoms with van der Waals surface area (Å²) >= 11 is 0. The fourth-order valence-corrected chi connectivity index (χ4v) is 1.94. The number of para-hydroxylation sites is 2. The number of fused-ring (bicyclic) bond motifs is 1. The molecule has 0 unspecified atom stereocenters. The lowest BCUT2D eigenvalue weighted by atomic mass is 10.2. The van der Waals surface area contributed by atoms with Crippen LogP contribution in [0.4, 0.5) is 4.39 Å². The Morgan fingerprint density at radius 3 is 2.78 bits per heavy atom. The smallest absolute Gasteiger partial charge is 0.150 e. The molecule has 0 saturated heterocycles. The Hall–Kier alpha value is -2.49. The van der Waals surface area contributed by atoms with Crippen molar-refractivity contribution in [3.63, 3.8) is 0 Å². The van der Waals surface area contributed by atoms with E-state index in [0.717, 1.165) is 11.0 Å². The molecule has 0 spiro atoms. The number of hydrogen-bond acceptors (Lipinski definition) is 2. The van der Waals surface area contributed by atoms with E-state index in [4.69, 9.17) is 0 Å². The van der Waals surface area contributed by atoms with Crippen LogP contribution in [0.2, 0.25) is 0 Å². The van der Waals surface area contributed by atoms with Crippen LogP contribution in [0.15, 0.2) is 48.8 Å². The molecule has 0 bridgehead atoms. The van der Waals surface area contributed by atoms with Gasteiger partial charge in [-0.1, -0.05) is 12.1 Å². The van der Waals surface area contributed by atoms with E-state index in [0.29, 0.717) is 17.5 Å². The molecule has 1 aromatic heterocycles. The van der Waals surface area contributed by atoms with E-state index in [2.05, 4.69) is 4.98 Å². The number of halogens is 1. The summed E-state index contributed by atoms with van der Waals surface area (Å²) in [5.74, 6) is -0.442. The highest BCUT2D eigenvalue weighted by atomic mass is 19.1. The van der Waals surface area contributed by atoms with Gasteiger partial charge < -0.3 is 0 Å². The lowest BCUT2D eigenvalue weighted by Gasteiger charge is -2.06. The van der Waals surface area contributed by atoms with Crippen molar-refractivity contribution in [1.82, 2.24) is 9.55 Å². The average molecular weight is 240 g/mol. The maximum Gasteiger partial charge on any atom is 0.150 e. The molecule has 1 heterocycles. The number of rotatable bonds is 2. The summed E-state index contributed by atoms with van der Waals surface area (Å²) in [4.78, 5) is 14.8. The molecule has 88 valence electrons. The van der Waals surface area contributed by atoms with E-state index < -0.39 is 5.82 Å². The van der Waals surface area contributed by atoms with Crippen LogP contribution in [0, 0.1) is 5.82 Å². The van der Waals surface area contributed by atoms with Crippen molar-refractivity contribution in [2.45, 2.75) is 0 Å². The van der Waals surface area contributed by atoms with Crippen molar-refractivity contribution in [3.8, 4) is 5.69 Å². The molecule has 4 heteroatoms. The summed E-state index contributed by atoms with van der Waals surface area (Å²) < 4.78 is 15.6. The topological polar surface area (TPSA) is 34.9 Å². The van der Waals surface area contributed by atoms with Crippen molar-refractivity contribution in [3.05, 3.63) is 60.2 Å². The van der Waals surface area contributed by atoms with E-state index in [1.165, 1.54) is 6.07 Å². The van der Waals surface area contributed by atoms with Crippen LogP contribution in [-0.2, 0) is 0 Å². The Kier molecular flexibility index (Phi) is 2.41. The van der Waals surface area contributed by atoms with Crippen molar-refractivity contribution < 1.29 is 9.18 Å². The maximum atomic E-state index is 13.9. The first-order valence-electron chi connectivity index (χ1n) is 5.47. The van der Waals surface area contributed by atoms with Crippen molar-refractivity contribution >= 4 is 17.3 Å². The van der Waals surface area contributed by atoms with Crippen molar-refractivity contribution in [2.75, 3.05) is 0 Å². The second-order valence-corrected chi connectivity index (χ2v) is 3.93. The molecular weight excluding hydrogens is 231 g/mol. The highest BCUT2D eigenvalue weighted by Gasteiger charge is 2.09. The molecule has 0 aliphatic heterocycles. The largest absolute Gasteiger partial charge is 0.298 e. The number of aromatic nitrogens is 2. The third kappa shape index (κ3) is 1.59. The number of benzene rings is 2. The quantitative estimate of drug-likeness (QED) is 0.645. The molecule has 0 aliphatic carbocycles. The molecule has 0 fully saturated rings. The molecular formula is C14H9FN2O. The minimum Gasteiger partial charge on any atom is -0.298 e. The van der Waals surface area contributed by atoms with Gasteiger partial charge in [0.05, 0.1) is 16.7 Å². The van der Waals surface area contributed by atoms with Crippen LogP contribution < -0.4 is 0 Å². The highest BCUT2D eigenvalue weighted by Crippen LogP contribution is 2.20. The number of carbonyl (C=O) groups is 1. The van der Waals surface area contributed by atoms with E-state index >= 15 is 0 Å².